The monoisotopic (exact) mass is 298 g/mol. The lowest BCUT2D eigenvalue weighted by molar-refractivity contribution is -0.149. The zero-order valence-electron chi connectivity index (χ0n) is 14.7. The van der Waals surface area contributed by atoms with Crippen LogP contribution in [-0.2, 0) is 4.74 Å². The summed E-state index contributed by atoms with van der Waals surface area (Å²) in [6.07, 6.45) is 14.4. The number of ether oxygens (including phenoxy) is 1. The third-order valence-corrected chi connectivity index (χ3v) is 5.11. The van der Waals surface area contributed by atoms with Gasteiger partial charge in [-0.2, -0.15) is 0 Å². The molecular formula is C19H38O2. The molecule has 0 saturated heterocycles. The van der Waals surface area contributed by atoms with Gasteiger partial charge in [0.15, 0.2) is 0 Å². The molecule has 0 spiro atoms. The highest BCUT2D eigenvalue weighted by atomic mass is 16.5. The fourth-order valence-corrected chi connectivity index (χ4v) is 3.92. The lowest BCUT2D eigenvalue weighted by Gasteiger charge is -2.43. The molecule has 2 heteroatoms. The van der Waals surface area contributed by atoms with Crippen molar-refractivity contribution >= 4 is 0 Å². The summed E-state index contributed by atoms with van der Waals surface area (Å²) in [5, 5.41) is 10.7. The predicted molar refractivity (Wildman–Crippen MR) is 90.6 cm³/mol. The Morgan fingerprint density at radius 1 is 1.10 bits per heavy atom. The van der Waals surface area contributed by atoms with Crippen LogP contribution in [0.5, 0.6) is 0 Å². The van der Waals surface area contributed by atoms with E-state index in [1.807, 2.05) is 0 Å². The van der Waals surface area contributed by atoms with Crippen molar-refractivity contribution in [3.63, 3.8) is 0 Å². The molecule has 3 unspecified atom stereocenters. The van der Waals surface area contributed by atoms with E-state index in [-0.39, 0.29) is 11.7 Å². The third kappa shape index (κ3) is 6.69. The lowest BCUT2D eigenvalue weighted by atomic mass is 9.74. The van der Waals surface area contributed by atoms with Gasteiger partial charge < -0.3 is 9.84 Å². The van der Waals surface area contributed by atoms with Crippen molar-refractivity contribution < 1.29 is 9.84 Å². The summed E-state index contributed by atoms with van der Waals surface area (Å²) in [6.45, 7) is 7.34. The van der Waals surface area contributed by atoms with E-state index in [9.17, 15) is 5.11 Å². The Morgan fingerprint density at radius 3 is 2.38 bits per heavy atom. The van der Waals surface area contributed by atoms with Crippen molar-refractivity contribution in [1.82, 2.24) is 0 Å². The van der Waals surface area contributed by atoms with E-state index >= 15 is 0 Å². The fraction of sp³-hybridized carbons (Fsp3) is 1.00. The first-order valence-electron chi connectivity index (χ1n) is 9.46. The molecule has 0 aromatic rings. The average molecular weight is 299 g/mol. The molecule has 0 amide bonds. The largest absolute Gasteiger partial charge is 0.390 e. The molecule has 0 radical (unpaired) electrons. The molecule has 1 aliphatic carbocycles. The van der Waals surface area contributed by atoms with Gasteiger partial charge in [-0.1, -0.05) is 71.6 Å². The minimum Gasteiger partial charge on any atom is -0.390 e. The molecule has 1 rings (SSSR count). The van der Waals surface area contributed by atoms with Crippen LogP contribution in [-0.4, -0.2) is 23.4 Å². The summed E-state index contributed by atoms with van der Waals surface area (Å²) in [4.78, 5) is 0. The quantitative estimate of drug-likeness (QED) is 0.512. The molecule has 1 N–H and O–H groups in total. The molecule has 1 aliphatic rings. The predicted octanol–water partition coefficient (Wildman–Crippen LogP) is 5.47. The lowest BCUT2D eigenvalue weighted by Crippen LogP contribution is -2.48. The van der Waals surface area contributed by atoms with Gasteiger partial charge in [-0.05, 0) is 32.1 Å². The second kappa shape index (κ2) is 10.6. The number of unbranched alkanes of at least 4 members (excludes halogenated alkanes) is 6. The Bertz CT molecular complexity index is 250. The number of aliphatic hydroxyl groups is 1. The number of hydrogen-bond acceptors (Lipinski definition) is 2. The molecule has 1 saturated carbocycles. The molecule has 21 heavy (non-hydrogen) atoms. The van der Waals surface area contributed by atoms with E-state index in [0.717, 1.165) is 32.3 Å². The normalized spacial score (nSPS) is 27.7. The van der Waals surface area contributed by atoms with Crippen LogP contribution in [0.3, 0.4) is 0 Å². The van der Waals surface area contributed by atoms with Crippen LogP contribution in [0.4, 0.5) is 0 Å². The van der Waals surface area contributed by atoms with Crippen molar-refractivity contribution in [3.05, 3.63) is 0 Å². The van der Waals surface area contributed by atoms with Gasteiger partial charge in [0, 0.05) is 6.61 Å². The smallest absolute Gasteiger partial charge is 0.0942 e. The van der Waals surface area contributed by atoms with E-state index < -0.39 is 0 Å². The van der Waals surface area contributed by atoms with Gasteiger partial charge in [0.25, 0.3) is 0 Å². The number of aliphatic hydroxyl groups excluding tert-OH is 1. The van der Waals surface area contributed by atoms with Gasteiger partial charge in [0.05, 0.1) is 11.7 Å². The summed E-state index contributed by atoms with van der Waals surface area (Å²) in [5.41, 5.74) is -0.241. The van der Waals surface area contributed by atoms with E-state index in [1.54, 1.807) is 0 Å². The zero-order valence-corrected chi connectivity index (χ0v) is 14.7. The van der Waals surface area contributed by atoms with Gasteiger partial charge in [-0.3, -0.25) is 0 Å². The SMILES string of the molecule is CCCCCCCCCC(O)C1(OCC)CCCC(C)C1. The molecular weight excluding hydrogens is 260 g/mol. The Morgan fingerprint density at radius 2 is 1.76 bits per heavy atom. The van der Waals surface area contributed by atoms with Crippen LogP contribution in [0.1, 0.15) is 97.8 Å². The van der Waals surface area contributed by atoms with Crippen molar-refractivity contribution in [1.29, 1.82) is 0 Å². The van der Waals surface area contributed by atoms with Crippen LogP contribution in [0.2, 0.25) is 0 Å². The Labute approximate surface area is 132 Å². The third-order valence-electron chi connectivity index (χ3n) is 5.11. The van der Waals surface area contributed by atoms with E-state index in [0.29, 0.717) is 5.92 Å². The topological polar surface area (TPSA) is 29.5 Å². The molecule has 3 atom stereocenters. The molecule has 126 valence electrons. The summed E-state index contributed by atoms with van der Waals surface area (Å²) in [7, 11) is 0. The highest BCUT2D eigenvalue weighted by Crippen LogP contribution is 2.39. The van der Waals surface area contributed by atoms with Crippen molar-refractivity contribution in [2.45, 2.75) is 110 Å². The van der Waals surface area contributed by atoms with E-state index in [2.05, 4.69) is 20.8 Å². The molecule has 0 aromatic carbocycles. The molecule has 0 aromatic heterocycles. The van der Waals surface area contributed by atoms with Crippen LogP contribution in [0.25, 0.3) is 0 Å². The first-order chi connectivity index (χ1) is 10.1. The Balaban J connectivity index is 2.28. The van der Waals surface area contributed by atoms with Gasteiger partial charge in [0.1, 0.15) is 0 Å². The molecule has 0 aliphatic heterocycles. The summed E-state index contributed by atoms with van der Waals surface area (Å²) >= 11 is 0. The van der Waals surface area contributed by atoms with Gasteiger partial charge in [-0.25, -0.2) is 0 Å². The first-order valence-corrected chi connectivity index (χ1v) is 9.46. The van der Waals surface area contributed by atoms with Gasteiger partial charge in [0.2, 0.25) is 0 Å². The highest BCUT2D eigenvalue weighted by Gasteiger charge is 2.41. The molecule has 2 nitrogen and oxygen atoms in total. The number of hydrogen-bond donors (Lipinski definition) is 1. The minimum atomic E-state index is -0.268. The second-order valence-electron chi connectivity index (χ2n) is 7.13. The fourth-order valence-electron chi connectivity index (χ4n) is 3.92. The average Bonchev–Trinajstić information content (AvgIpc) is 2.46. The van der Waals surface area contributed by atoms with Crippen LogP contribution in [0.15, 0.2) is 0 Å². The molecule has 0 heterocycles. The first kappa shape index (κ1) is 19.0. The van der Waals surface area contributed by atoms with Gasteiger partial charge >= 0.3 is 0 Å². The Kier molecular flexibility index (Phi) is 9.59. The highest BCUT2D eigenvalue weighted by molar-refractivity contribution is 4.93. The molecule has 1 fully saturated rings. The van der Waals surface area contributed by atoms with E-state index in [4.69, 9.17) is 4.74 Å². The van der Waals surface area contributed by atoms with Crippen molar-refractivity contribution in [2.24, 2.45) is 5.92 Å². The maximum atomic E-state index is 10.7. The van der Waals surface area contributed by atoms with Crippen LogP contribution >= 0.6 is 0 Å². The minimum absolute atomic E-state index is 0.241. The van der Waals surface area contributed by atoms with Crippen LogP contribution < -0.4 is 0 Å². The molecule has 0 bridgehead atoms. The maximum Gasteiger partial charge on any atom is 0.0942 e. The maximum absolute atomic E-state index is 10.7. The van der Waals surface area contributed by atoms with Crippen molar-refractivity contribution in [2.75, 3.05) is 6.61 Å². The standard InChI is InChI=1S/C19H38O2/c1-4-6-7-8-9-10-11-14-18(20)19(21-5-2)15-12-13-17(3)16-19/h17-18,20H,4-16H2,1-3H3. The van der Waals surface area contributed by atoms with E-state index in [1.165, 1.54) is 51.4 Å². The summed E-state index contributed by atoms with van der Waals surface area (Å²) < 4.78 is 6.06. The van der Waals surface area contributed by atoms with Crippen molar-refractivity contribution in [3.8, 4) is 0 Å². The number of rotatable bonds is 11. The van der Waals surface area contributed by atoms with Crippen LogP contribution in [0, 0.1) is 5.92 Å². The summed E-state index contributed by atoms with van der Waals surface area (Å²) in [6, 6.07) is 0. The Hall–Kier alpha value is -0.0800. The summed E-state index contributed by atoms with van der Waals surface area (Å²) in [5.74, 6) is 0.689. The second-order valence-corrected chi connectivity index (χ2v) is 7.13. The zero-order chi connectivity index (χ0) is 15.6. The van der Waals surface area contributed by atoms with Gasteiger partial charge in [-0.15, -0.1) is 0 Å².